The first-order valence-electron chi connectivity index (χ1n) is 9.48. The number of rotatable bonds is 8. The Balaban J connectivity index is 1.80. The third-order valence-electron chi connectivity index (χ3n) is 4.55. The molecule has 0 bridgehead atoms. The summed E-state index contributed by atoms with van der Waals surface area (Å²) in [5, 5.41) is 0. The van der Waals surface area contributed by atoms with Crippen molar-refractivity contribution < 1.29 is 14.3 Å². The fourth-order valence-electron chi connectivity index (χ4n) is 3.13. The summed E-state index contributed by atoms with van der Waals surface area (Å²) in [6.07, 6.45) is 5.57. The van der Waals surface area contributed by atoms with Crippen LogP contribution in [0.4, 0.5) is 11.4 Å². The average molecular weight is 375 g/mol. The van der Waals surface area contributed by atoms with Crippen LogP contribution in [0.1, 0.15) is 25.3 Å². The zero-order chi connectivity index (χ0) is 19.9. The molecule has 2 aromatic rings. The highest BCUT2D eigenvalue weighted by Gasteiger charge is 2.25. The number of anilines is 2. The fraction of sp³-hybridized carbons (Fsp3) is 0.208. The molecule has 0 aromatic heterocycles. The van der Waals surface area contributed by atoms with E-state index >= 15 is 0 Å². The summed E-state index contributed by atoms with van der Waals surface area (Å²) in [6, 6.07) is 16.3. The van der Waals surface area contributed by atoms with Gasteiger partial charge in [-0.2, -0.15) is 0 Å². The Morgan fingerprint density at radius 1 is 1.11 bits per heavy atom. The van der Waals surface area contributed by atoms with Crippen molar-refractivity contribution in [2.75, 3.05) is 11.5 Å². The monoisotopic (exact) mass is 375 g/mol. The van der Waals surface area contributed by atoms with E-state index in [0.29, 0.717) is 18.8 Å². The number of hydrogen-bond donors (Lipinski definition) is 0. The van der Waals surface area contributed by atoms with Gasteiger partial charge in [-0.05, 0) is 54.8 Å². The molecule has 0 aliphatic carbocycles. The van der Waals surface area contributed by atoms with Crippen LogP contribution in [0.5, 0.6) is 5.75 Å². The molecule has 1 aliphatic rings. The first kappa shape index (κ1) is 19.5. The molecule has 0 saturated heterocycles. The van der Waals surface area contributed by atoms with Gasteiger partial charge in [-0.15, -0.1) is 0 Å². The molecule has 1 heterocycles. The van der Waals surface area contributed by atoms with Crippen LogP contribution < -0.4 is 9.64 Å². The van der Waals surface area contributed by atoms with Crippen molar-refractivity contribution in [1.29, 1.82) is 0 Å². The minimum absolute atomic E-state index is 0.150. The number of carbonyl (C=O) groups excluding carboxylic acids is 1. The van der Waals surface area contributed by atoms with E-state index < -0.39 is 0 Å². The van der Waals surface area contributed by atoms with Gasteiger partial charge in [-0.3, -0.25) is 4.79 Å². The van der Waals surface area contributed by atoms with E-state index in [1.807, 2.05) is 24.3 Å². The van der Waals surface area contributed by atoms with E-state index in [1.165, 1.54) is 5.56 Å². The molecule has 1 aliphatic heterocycles. The highest BCUT2D eigenvalue weighted by Crippen LogP contribution is 2.42. The topological polar surface area (TPSA) is 38.8 Å². The lowest BCUT2D eigenvalue weighted by molar-refractivity contribution is -0.143. The number of ether oxygens (including phenoxy) is 2. The predicted molar refractivity (Wildman–Crippen MR) is 113 cm³/mol. The number of hydrogen-bond acceptors (Lipinski definition) is 4. The minimum atomic E-state index is -0.150. The lowest BCUT2D eigenvalue weighted by Gasteiger charge is -2.33. The normalized spacial score (nSPS) is 12.8. The molecule has 3 rings (SSSR count). The first-order chi connectivity index (χ1) is 13.7. The first-order valence-corrected chi connectivity index (χ1v) is 9.48. The van der Waals surface area contributed by atoms with Crippen molar-refractivity contribution in [2.24, 2.45) is 0 Å². The van der Waals surface area contributed by atoms with E-state index in [1.54, 1.807) is 19.1 Å². The number of fused-ring (bicyclic) bond motifs is 1. The summed E-state index contributed by atoms with van der Waals surface area (Å²) in [7, 11) is 0. The lowest BCUT2D eigenvalue weighted by Crippen LogP contribution is -2.22. The second-order valence-corrected chi connectivity index (χ2v) is 6.41. The maximum atomic E-state index is 11.2. The van der Waals surface area contributed by atoms with Crippen LogP contribution in [0.3, 0.4) is 0 Å². The van der Waals surface area contributed by atoms with Crippen LogP contribution in [0.15, 0.2) is 85.3 Å². The zero-order valence-corrected chi connectivity index (χ0v) is 16.2. The van der Waals surface area contributed by atoms with E-state index in [9.17, 15) is 4.79 Å². The predicted octanol–water partition coefficient (Wildman–Crippen LogP) is 5.69. The number of benzene rings is 2. The summed E-state index contributed by atoms with van der Waals surface area (Å²) >= 11 is 0. The molecule has 2 aromatic carbocycles. The number of esters is 1. The largest absolute Gasteiger partial charge is 0.466 e. The Morgan fingerprint density at radius 2 is 1.86 bits per heavy atom. The quantitative estimate of drug-likeness (QED) is 0.439. The number of aryl methyl sites for hydroxylation is 1. The van der Waals surface area contributed by atoms with Crippen molar-refractivity contribution in [3.63, 3.8) is 0 Å². The van der Waals surface area contributed by atoms with Crippen LogP contribution >= 0.6 is 0 Å². The molecule has 0 fully saturated rings. The molecule has 0 amide bonds. The molecule has 4 nitrogen and oxygen atoms in total. The number of nitrogens with zero attached hydrogens (tertiary/aromatic N) is 1. The Bertz CT molecular complexity index is 896. The van der Waals surface area contributed by atoms with Gasteiger partial charge in [-0.25, -0.2) is 0 Å². The summed E-state index contributed by atoms with van der Waals surface area (Å²) < 4.78 is 11.1. The van der Waals surface area contributed by atoms with Crippen molar-refractivity contribution in [3.8, 4) is 5.75 Å². The van der Waals surface area contributed by atoms with Gasteiger partial charge in [0.1, 0.15) is 0 Å². The van der Waals surface area contributed by atoms with E-state index in [-0.39, 0.29) is 5.97 Å². The van der Waals surface area contributed by atoms with Gasteiger partial charge in [0, 0.05) is 12.1 Å². The molecule has 0 radical (unpaired) electrons. The molecule has 0 saturated carbocycles. The van der Waals surface area contributed by atoms with Crippen LogP contribution in [0.25, 0.3) is 0 Å². The Kier molecular flexibility index (Phi) is 6.33. The second-order valence-electron chi connectivity index (χ2n) is 6.41. The molecule has 0 spiro atoms. The Hall–Kier alpha value is -3.27. The smallest absolute Gasteiger partial charge is 0.305 e. The van der Waals surface area contributed by atoms with Crippen LogP contribution in [-0.2, 0) is 16.0 Å². The minimum Gasteiger partial charge on any atom is -0.466 e. The molecule has 0 atom stereocenters. The highest BCUT2D eigenvalue weighted by molar-refractivity contribution is 5.77. The fourth-order valence-corrected chi connectivity index (χ4v) is 3.13. The van der Waals surface area contributed by atoms with Crippen LogP contribution in [-0.4, -0.2) is 12.6 Å². The number of para-hydroxylation sites is 2. The molecular formula is C24H25NO3. The SMILES string of the molecule is C=CC1=C(C=C)N(c2ccc(CCCOC(=O)CC)cc2)c2ccccc2O1. The van der Waals surface area contributed by atoms with Crippen molar-refractivity contribution in [3.05, 3.63) is 90.9 Å². The van der Waals surface area contributed by atoms with Gasteiger partial charge in [0.2, 0.25) is 0 Å². The van der Waals surface area contributed by atoms with Gasteiger partial charge >= 0.3 is 5.97 Å². The highest BCUT2D eigenvalue weighted by atomic mass is 16.5. The Labute approximate surface area is 166 Å². The van der Waals surface area contributed by atoms with Crippen molar-refractivity contribution >= 4 is 17.3 Å². The summed E-state index contributed by atoms with van der Waals surface area (Å²) in [5.41, 5.74) is 4.03. The van der Waals surface area contributed by atoms with Gasteiger partial charge < -0.3 is 14.4 Å². The zero-order valence-electron chi connectivity index (χ0n) is 16.2. The molecule has 28 heavy (non-hydrogen) atoms. The Morgan fingerprint density at radius 3 is 2.54 bits per heavy atom. The van der Waals surface area contributed by atoms with E-state index in [4.69, 9.17) is 9.47 Å². The second kappa shape index (κ2) is 9.09. The van der Waals surface area contributed by atoms with Crippen molar-refractivity contribution in [1.82, 2.24) is 0 Å². The van der Waals surface area contributed by atoms with Gasteiger partial charge in [-0.1, -0.05) is 44.3 Å². The molecule has 144 valence electrons. The van der Waals surface area contributed by atoms with E-state index in [2.05, 4.69) is 42.3 Å². The van der Waals surface area contributed by atoms with Crippen molar-refractivity contribution in [2.45, 2.75) is 26.2 Å². The molecule has 0 N–H and O–H groups in total. The maximum Gasteiger partial charge on any atom is 0.305 e. The van der Waals surface area contributed by atoms with Crippen LogP contribution in [0.2, 0.25) is 0 Å². The number of allylic oxidation sites excluding steroid dienone is 2. The van der Waals surface area contributed by atoms with Gasteiger partial charge in [0.05, 0.1) is 18.0 Å². The third-order valence-corrected chi connectivity index (χ3v) is 4.55. The van der Waals surface area contributed by atoms with E-state index in [0.717, 1.165) is 35.7 Å². The molecular weight excluding hydrogens is 350 g/mol. The van der Waals surface area contributed by atoms with Crippen LogP contribution in [0, 0.1) is 0 Å². The summed E-state index contributed by atoms with van der Waals surface area (Å²) in [6.45, 7) is 10.1. The van der Waals surface area contributed by atoms with Gasteiger partial charge in [0.15, 0.2) is 11.5 Å². The average Bonchev–Trinajstić information content (AvgIpc) is 2.75. The molecule has 0 unspecified atom stereocenters. The van der Waals surface area contributed by atoms with Gasteiger partial charge in [0.25, 0.3) is 0 Å². The summed E-state index contributed by atoms with van der Waals surface area (Å²) in [4.78, 5) is 13.3. The number of carbonyl (C=O) groups is 1. The maximum absolute atomic E-state index is 11.2. The standard InChI is InChI=1S/C24H25NO3/c1-4-20-22(5-2)28-23-12-8-7-11-21(23)25(20)19-15-13-18(14-16-19)10-9-17-27-24(26)6-3/h4-5,7-8,11-16H,1-2,6,9-10,17H2,3H3. The third kappa shape index (κ3) is 4.17. The summed E-state index contributed by atoms with van der Waals surface area (Å²) in [5.74, 6) is 1.31. The molecule has 4 heteroatoms. The lowest BCUT2D eigenvalue weighted by atomic mass is 10.1.